The second kappa shape index (κ2) is 5.30. The minimum absolute atomic E-state index is 0.0764. The van der Waals surface area contributed by atoms with Crippen LogP contribution < -0.4 is 5.73 Å². The number of carbonyl (C=O) groups is 1. The third-order valence-electron chi connectivity index (χ3n) is 3.66. The molecule has 0 saturated carbocycles. The average Bonchev–Trinajstić information content (AvgIpc) is 2.81. The van der Waals surface area contributed by atoms with Gasteiger partial charge < -0.3 is 19.9 Å². The summed E-state index contributed by atoms with van der Waals surface area (Å²) < 4.78 is 9.98. The highest BCUT2D eigenvalue weighted by molar-refractivity contribution is 5.92. The van der Waals surface area contributed by atoms with Crippen molar-refractivity contribution in [1.29, 1.82) is 0 Å². The van der Waals surface area contributed by atoms with Gasteiger partial charge in [-0.2, -0.15) is 0 Å². The van der Waals surface area contributed by atoms with E-state index in [1.54, 1.807) is 18.1 Å². The first kappa shape index (κ1) is 14.0. The van der Waals surface area contributed by atoms with Crippen molar-refractivity contribution >= 4 is 5.91 Å². The predicted molar refractivity (Wildman–Crippen MR) is 69.5 cm³/mol. The quantitative estimate of drug-likeness (QED) is 0.884. The highest BCUT2D eigenvalue weighted by atomic mass is 16.5. The third-order valence-corrected chi connectivity index (χ3v) is 3.66. The number of amides is 1. The zero-order valence-corrected chi connectivity index (χ0v) is 11.7. The molecule has 1 fully saturated rings. The van der Waals surface area contributed by atoms with E-state index in [0.29, 0.717) is 31.2 Å². The van der Waals surface area contributed by atoms with Crippen molar-refractivity contribution in [1.82, 2.24) is 10.1 Å². The molecule has 0 radical (unpaired) electrons. The second-order valence-electron chi connectivity index (χ2n) is 5.72. The molecule has 2 heterocycles. The maximum absolute atomic E-state index is 12.3. The fourth-order valence-corrected chi connectivity index (χ4v) is 2.33. The van der Waals surface area contributed by atoms with Gasteiger partial charge in [0.2, 0.25) is 0 Å². The Kier molecular flexibility index (Phi) is 3.91. The molecule has 1 aliphatic heterocycles. The molecule has 0 aliphatic carbocycles. The lowest BCUT2D eigenvalue weighted by Crippen LogP contribution is -2.54. The predicted octanol–water partition coefficient (Wildman–Crippen LogP) is 1.02. The number of hydrogen-bond donors (Lipinski definition) is 1. The monoisotopic (exact) mass is 267 g/mol. The lowest BCUT2D eigenvalue weighted by Gasteiger charge is -2.42. The standard InChI is InChI=1S/C13H21N3O3/c1-13(2)8-16(5-4-11(13)14)12(17)10-6-9(7-18-3)19-15-10/h6,11H,4-5,7-8,14H2,1-3H3. The van der Waals surface area contributed by atoms with Crippen LogP contribution in [0.25, 0.3) is 0 Å². The van der Waals surface area contributed by atoms with E-state index in [2.05, 4.69) is 19.0 Å². The molecule has 1 aromatic heterocycles. The van der Waals surface area contributed by atoms with Crippen molar-refractivity contribution in [2.24, 2.45) is 11.1 Å². The van der Waals surface area contributed by atoms with Crippen LogP contribution in [0.15, 0.2) is 10.6 Å². The van der Waals surface area contributed by atoms with Gasteiger partial charge in [0.25, 0.3) is 5.91 Å². The van der Waals surface area contributed by atoms with Crippen LogP contribution in [0.1, 0.15) is 36.5 Å². The van der Waals surface area contributed by atoms with Crippen LogP contribution in [-0.4, -0.2) is 42.2 Å². The van der Waals surface area contributed by atoms with Gasteiger partial charge in [0.1, 0.15) is 6.61 Å². The van der Waals surface area contributed by atoms with Gasteiger partial charge in [0, 0.05) is 32.3 Å². The molecule has 1 atom stereocenters. The number of nitrogens with two attached hydrogens (primary N) is 1. The number of nitrogens with zero attached hydrogens (tertiary/aromatic N) is 2. The zero-order valence-electron chi connectivity index (χ0n) is 11.7. The summed E-state index contributed by atoms with van der Waals surface area (Å²) in [7, 11) is 1.57. The molecular formula is C13H21N3O3. The minimum atomic E-state index is -0.105. The van der Waals surface area contributed by atoms with Gasteiger partial charge in [-0.25, -0.2) is 0 Å². The molecular weight excluding hydrogens is 246 g/mol. The number of likely N-dealkylation sites (tertiary alicyclic amines) is 1. The lowest BCUT2D eigenvalue weighted by molar-refractivity contribution is 0.0523. The van der Waals surface area contributed by atoms with E-state index in [9.17, 15) is 4.79 Å². The molecule has 1 aromatic rings. The number of rotatable bonds is 3. The van der Waals surface area contributed by atoms with E-state index in [0.717, 1.165) is 6.42 Å². The molecule has 106 valence electrons. The Bertz CT molecular complexity index is 456. The second-order valence-corrected chi connectivity index (χ2v) is 5.72. The summed E-state index contributed by atoms with van der Waals surface area (Å²) in [5, 5.41) is 3.80. The average molecular weight is 267 g/mol. The minimum Gasteiger partial charge on any atom is -0.377 e. The topological polar surface area (TPSA) is 81.6 Å². The van der Waals surface area contributed by atoms with Crippen LogP contribution in [0.4, 0.5) is 0 Å². The van der Waals surface area contributed by atoms with E-state index < -0.39 is 0 Å². The largest absolute Gasteiger partial charge is 0.377 e. The van der Waals surface area contributed by atoms with Gasteiger partial charge in [-0.3, -0.25) is 4.79 Å². The number of carbonyl (C=O) groups excluding carboxylic acids is 1. The van der Waals surface area contributed by atoms with Crippen LogP contribution in [0.5, 0.6) is 0 Å². The summed E-state index contributed by atoms with van der Waals surface area (Å²) in [5.74, 6) is 0.449. The van der Waals surface area contributed by atoms with Crippen molar-refractivity contribution in [2.75, 3.05) is 20.2 Å². The number of hydrogen-bond acceptors (Lipinski definition) is 5. The van der Waals surface area contributed by atoms with Crippen molar-refractivity contribution in [3.05, 3.63) is 17.5 Å². The van der Waals surface area contributed by atoms with Gasteiger partial charge in [-0.1, -0.05) is 19.0 Å². The molecule has 0 bridgehead atoms. The number of methoxy groups -OCH3 is 1. The fraction of sp³-hybridized carbons (Fsp3) is 0.692. The molecule has 1 aliphatic rings. The summed E-state index contributed by atoms with van der Waals surface area (Å²) in [6.45, 7) is 5.78. The van der Waals surface area contributed by atoms with E-state index >= 15 is 0 Å². The summed E-state index contributed by atoms with van der Waals surface area (Å²) in [6.07, 6.45) is 0.807. The molecule has 1 amide bonds. The van der Waals surface area contributed by atoms with Gasteiger partial charge in [0.15, 0.2) is 11.5 Å². The summed E-state index contributed by atoms with van der Waals surface area (Å²) in [4.78, 5) is 14.1. The van der Waals surface area contributed by atoms with Crippen LogP contribution in [0.2, 0.25) is 0 Å². The van der Waals surface area contributed by atoms with Gasteiger partial charge in [-0.15, -0.1) is 0 Å². The van der Waals surface area contributed by atoms with Crippen LogP contribution >= 0.6 is 0 Å². The van der Waals surface area contributed by atoms with Crippen LogP contribution in [0.3, 0.4) is 0 Å². The van der Waals surface area contributed by atoms with Crippen molar-refractivity contribution in [2.45, 2.75) is 32.9 Å². The smallest absolute Gasteiger partial charge is 0.276 e. The summed E-state index contributed by atoms with van der Waals surface area (Å²) in [6, 6.07) is 1.76. The normalized spacial score (nSPS) is 22.5. The van der Waals surface area contributed by atoms with Gasteiger partial charge >= 0.3 is 0 Å². The first-order chi connectivity index (χ1) is 8.94. The van der Waals surface area contributed by atoms with Crippen LogP contribution in [0, 0.1) is 5.41 Å². The first-order valence-electron chi connectivity index (χ1n) is 6.43. The lowest BCUT2D eigenvalue weighted by atomic mass is 9.79. The third kappa shape index (κ3) is 2.96. The van der Waals surface area contributed by atoms with Crippen molar-refractivity contribution < 1.29 is 14.1 Å². The zero-order chi connectivity index (χ0) is 14.0. The molecule has 1 saturated heterocycles. The molecule has 1 unspecified atom stereocenters. The molecule has 6 heteroatoms. The molecule has 2 N–H and O–H groups in total. The maximum atomic E-state index is 12.3. The van der Waals surface area contributed by atoms with E-state index in [1.165, 1.54) is 0 Å². The van der Waals surface area contributed by atoms with E-state index in [-0.39, 0.29) is 17.4 Å². The molecule has 6 nitrogen and oxygen atoms in total. The summed E-state index contributed by atoms with van der Waals surface area (Å²) >= 11 is 0. The van der Waals surface area contributed by atoms with Crippen LogP contribution in [-0.2, 0) is 11.3 Å². The highest BCUT2D eigenvalue weighted by Crippen LogP contribution is 2.28. The van der Waals surface area contributed by atoms with Crippen molar-refractivity contribution in [3.8, 4) is 0 Å². The molecule has 0 spiro atoms. The SMILES string of the molecule is COCc1cc(C(=O)N2CCC(N)C(C)(C)C2)no1. The molecule has 0 aromatic carbocycles. The molecule has 2 rings (SSSR count). The Morgan fingerprint density at radius 1 is 1.68 bits per heavy atom. The Hall–Kier alpha value is -1.40. The Balaban J connectivity index is 2.07. The Labute approximate surface area is 112 Å². The number of aromatic nitrogens is 1. The number of piperidine rings is 1. The molecule has 19 heavy (non-hydrogen) atoms. The summed E-state index contributed by atoms with van der Waals surface area (Å²) in [5.41, 5.74) is 6.32. The van der Waals surface area contributed by atoms with Gasteiger partial charge in [0.05, 0.1) is 0 Å². The first-order valence-corrected chi connectivity index (χ1v) is 6.43. The fourth-order valence-electron chi connectivity index (χ4n) is 2.33. The van der Waals surface area contributed by atoms with E-state index in [1.807, 2.05) is 0 Å². The highest BCUT2D eigenvalue weighted by Gasteiger charge is 2.36. The number of ether oxygens (including phenoxy) is 1. The van der Waals surface area contributed by atoms with E-state index in [4.69, 9.17) is 15.0 Å². The van der Waals surface area contributed by atoms with Crippen molar-refractivity contribution in [3.63, 3.8) is 0 Å². The Morgan fingerprint density at radius 2 is 2.42 bits per heavy atom. The maximum Gasteiger partial charge on any atom is 0.276 e. The Morgan fingerprint density at radius 3 is 3.05 bits per heavy atom. The van der Waals surface area contributed by atoms with Gasteiger partial charge in [-0.05, 0) is 11.8 Å².